The molecule has 35 heavy (non-hydrogen) atoms. The van der Waals surface area contributed by atoms with Crippen LogP contribution in [0.4, 0.5) is 0 Å². The highest BCUT2D eigenvalue weighted by Crippen LogP contribution is 2.60. The summed E-state index contributed by atoms with van der Waals surface area (Å²) in [6.45, 7) is 5.57. The van der Waals surface area contributed by atoms with Crippen LogP contribution in [0.2, 0.25) is 10.4 Å². The molecule has 0 N–H and O–H groups in total. The zero-order valence-corrected chi connectivity index (χ0v) is 21.9. The van der Waals surface area contributed by atoms with E-state index in [1.807, 2.05) is 50.1 Å². The molecule has 3 aromatic heterocycles. The van der Waals surface area contributed by atoms with Crippen molar-refractivity contribution in [1.82, 2.24) is 24.3 Å². The maximum Gasteiger partial charge on any atom is 0.312 e. The Kier molecular flexibility index (Phi) is 6.41. The molecule has 178 valence electrons. The number of nitrogens with zero attached hydrogens (tertiary/aromatic N) is 6. The van der Waals surface area contributed by atoms with Crippen LogP contribution in [0.15, 0.2) is 31.0 Å². The van der Waals surface area contributed by atoms with E-state index >= 15 is 0 Å². The molecule has 0 spiro atoms. The van der Waals surface area contributed by atoms with Gasteiger partial charge >= 0.3 is 5.97 Å². The monoisotopic (exact) mass is 468 g/mol. The minimum Gasteiger partial charge on any atom is -0.443 e. The van der Waals surface area contributed by atoms with Crippen molar-refractivity contribution >= 4 is 48.4 Å². The van der Waals surface area contributed by atoms with Crippen molar-refractivity contribution < 1.29 is 9.53 Å². The number of hydrogen-bond acceptors (Lipinski definition) is 6. The Hall–Kier alpha value is -2.95. The molecule has 0 aliphatic heterocycles. The van der Waals surface area contributed by atoms with Crippen molar-refractivity contribution in [2.24, 2.45) is 11.3 Å². The van der Waals surface area contributed by atoms with Crippen molar-refractivity contribution in [2.75, 3.05) is 0 Å². The first kappa shape index (κ1) is 25.2. The quantitative estimate of drug-likeness (QED) is 0.386. The van der Waals surface area contributed by atoms with Crippen LogP contribution in [0.1, 0.15) is 46.1 Å². The van der Waals surface area contributed by atoms with Gasteiger partial charge in [0.1, 0.15) is 12.0 Å². The summed E-state index contributed by atoms with van der Waals surface area (Å²) in [5.74, 6) is 0.119. The molecule has 0 radical (unpaired) electrons. The van der Waals surface area contributed by atoms with Crippen LogP contribution in [0, 0.1) is 22.7 Å². The van der Waals surface area contributed by atoms with Crippen LogP contribution in [-0.4, -0.2) is 61.7 Å². The van der Waals surface area contributed by atoms with Crippen molar-refractivity contribution in [3.63, 3.8) is 0 Å². The van der Waals surface area contributed by atoms with Gasteiger partial charge in [0.2, 0.25) is 0 Å². The van der Waals surface area contributed by atoms with Gasteiger partial charge in [-0.2, -0.15) is 10.4 Å². The molecule has 1 aliphatic rings. The summed E-state index contributed by atoms with van der Waals surface area (Å²) in [6.07, 6.45) is 9.74. The molecule has 0 amide bonds. The first-order valence-electron chi connectivity index (χ1n) is 12.2. The first-order chi connectivity index (χ1) is 16.3. The zero-order valence-electron chi connectivity index (χ0n) is 21.9. The van der Waals surface area contributed by atoms with Crippen molar-refractivity contribution in [3.05, 3.63) is 31.0 Å². The lowest BCUT2D eigenvalue weighted by Gasteiger charge is -2.35. The molecule has 1 atom stereocenters. The number of aromatic nitrogens is 5. The van der Waals surface area contributed by atoms with Gasteiger partial charge in [-0.3, -0.25) is 14.0 Å². The Morgan fingerprint density at radius 2 is 1.94 bits per heavy atom. The van der Waals surface area contributed by atoms with Crippen LogP contribution in [0.3, 0.4) is 0 Å². The third-order valence-electron chi connectivity index (χ3n) is 7.94. The molecule has 1 aliphatic carbocycles. The third-order valence-corrected chi connectivity index (χ3v) is 7.94. The molecule has 1 saturated carbocycles. The maximum atomic E-state index is 12.2. The number of fused-ring (bicyclic) bond motifs is 1. The Balaban J connectivity index is 1.61. The van der Waals surface area contributed by atoms with Crippen LogP contribution >= 0.6 is 0 Å². The summed E-state index contributed by atoms with van der Waals surface area (Å²) in [6, 6.07) is 4.34. The Morgan fingerprint density at radius 3 is 2.57 bits per heavy atom. The van der Waals surface area contributed by atoms with Crippen LogP contribution in [0.5, 0.6) is 0 Å². The van der Waals surface area contributed by atoms with E-state index in [-0.39, 0.29) is 29.2 Å². The number of nitriles is 1. The molecular formula is C23H32B4N6O2. The summed E-state index contributed by atoms with van der Waals surface area (Å²) in [5.41, 5.74) is 1.77. The standard InChI is InChI=1S/C23H32B4N6O2/c1-21(2,3)20(34)35-13-32-7-5-16-18(29-12-30-19(16)32)15-10-31-33(11-15)17(4-6-28)14-8-22(24,25)23(26,27)9-14/h5,7,10-12,14,17H,4,8-9,13,24-27H2,1-3H3/t17-/m1/s1. The van der Waals surface area contributed by atoms with E-state index in [0.29, 0.717) is 18.0 Å². The predicted molar refractivity (Wildman–Crippen MR) is 146 cm³/mol. The normalized spacial score (nSPS) is 18.3. The fraction of sp³-hybridized carbons (Fsp3) is 0.522. The number of carbonyl (C=O) groups is 1. The van der Waals surface area contributed by atoms with E-state index in [0.717, 1.165) is 29.5 Å². The molecule has 8 nitrogen and oxygen atoms in total. The lowest BCUT2D eigenvalue weighted by Crippen LogP contribution is -2.26. The van der Waals surface area contributed by atoms with Crippen LogP contribution < -0.4 is 0 Å². The van der Waals surface area contributed by atoms with E-state index in [1.54, 1.807) is 4.57 Å². The fourth-order valence-corrected chi connectivity index (χ4v) is 5.10. The van der Waals surface area contributed by atoms with E-state index in [2.05, 4.69) is 52.5 Å². The highest BCUT2D eigenvalue weighted by Gasteiger charge is 2.48. The van der Waals surface area contributed by atoms with E-state index in [4.69, 9.17) is 4.74 Å². The molecular weight excluding hydrogens is 436 g/mol. The molecule has 3 heterocycles. The SMILES string of the molecule is BC1(B)CC([C@@H](CC#N)n2cc(-c3ncnc4c3ccn4COC(=O)C(C)(C)C)cn2)CC1(B)B. The molecule has 0 saturated heterocycles. The average molecular weight is 468 g/mol. The number of rotatable bonds is 6. The topological polar surface area (TPSA) is 98.6 Å². The molecule has 12 heteroatoms. The van der Waals surface area contributed by atoms with Gasteiger partial charge in [-0.25, -0.2) is 9.97 Å². The van der Waals surface area contributed by atoms with Gasteiger partial charge in [-0.05, 0) is 32.8 Å². The maximum absolute atomic E-state index is 12.2. The highest BCUT2D eigenvalue weighted by atomic mass is 16.5. The van der Waals surface area contributed by atoms with Gasteiger partial charge in [0.15, 0.2) is 6.73 Å². The van der Waals surface area contributed by atoms with E-state index in [1.165, 1.54) is 6.33 Å². The summed E-state index contributed by atoms with van der Waals surface area (Å²) < 4.78 is 9.23. The lowest BCUT2D eigenvalue weighted by atomic mass is 9.31. The number of carbonyl (C=O) groups excluding carboxylic acids is 1. The Morgan fingerprint density at radius 1 is 1.26 bits per heavy atom. The van der Waals surface area contributed by atoms with Gasteiger partial charge in [-0.15, -0.1) is 0 Å². The van der Waals surface area contributed by atoms with Crippen molar-refractivity contribution in [3.8, 4) is 17.3 Å². The highest BCUT2D eigenvalue weighted by molar-refractivity contribution is 6.54. The van der Waals surface area contributed by atoms with Gasteiger partial charge in [0.25, 0.3) is 0 Å². The number of hydrogen-bond donors (Lipinski definition) is 0. The van der Waals surface area contributed by atoms with Crippen molar-refractivity contribution in [1.29, 1.82) is 5.26 Å². The Labute approximate surface area is 210 Å². The molecule has 0 bridgehead atoms. The van der Waals surface area contributed by atoms with Crippen LogP contribution in [0.25, 0.3) is 22.3 Å². The molecule has 4 rings (SSSR count). The van der Waals surface area contributed by atoms with E-state index in [9.17, 15) is 10.1 Å². The molecule has 0 unspecified atom stereocenters. The first-order valence-corrected chi connectivity index (χ1v) is 12.2. The second-order valence-corrected chi connectivity index (χ2v) is 12.1. The molecule has 1 fully saturated rings. The molecule has 0 aromatic carbocycles. The predicted octanol–water partition coefficient (Wildman–Crippen LogP) is 0.471. The second kappa shape index (κ2) is 8.92. The summed E-state index contributed by atoms with van der Waals surface area (Å²) in [5, 5.41) is 15.5. The zero-order chi connectivity index (χ0) is 25.6. The van der Waals surface area contributed by atoms with Crippen molar-refractivity contribution in [2.45, 2.75) is 63.2 Å². The summed E-state index contributed by atoms with van der Waals surface area (Å²) >= 11 is 0. The molecule has 3 aromatic rings. The average Bonchev–Trinajstić information content (AvgIpc) is 3.46. The minimum absolute atomic E-state index is 0.0218. The Bertz CT molecular complexity index is 1270. The van der Waals surface area contributed by atoms with Gasteiger partial charge < -0.3 is 4.74 Å². The van der Waals surface area contributed by atoms with E-state index < -0.39 is 5.41 Å². The number of ether oxygens (including phenoxy) is 1. The largest absolute Gasteiger partial charge is 0.443 e. The third kappa shape index (κ3) is 4.78. The smallest absolute Gasteiger partial charge is 0.312 e. The fourth-order valence-electron chi connectivity index (χ4n) is 5.10. The van der Waals surface area contributed by atoms with Crippen LogP contribution in [-0.2, 0) is 16.3 Å². The summed E-state index contributed by atoms with van der Waals surface area (Å²) in [4.78, 5) is 21.2. The van der Waals surface area contributed by atoms with Gasteiger partial charge in [-0.1, -0.05) is 23.3 Å². The minimum atomic E-state index is -0.568. The number of esters is 1. The lowest BCUT2D eigenvalue weighted by molar-refractivity contribution is -0.156. The van der Waals surface area contributed by atoms with Gasteiger partial charge in [0.05, 0.1) is 67.2 Å². The summed E-state index contributed by atoms with van der Waals surface area (Å²) in [7, 11) is 9.30. The second-order valence-electron chi connectivity index (χ2n) is 12.1. The van der Waals surface area contributed by atoms with Gasteiger partial charge in [0, 0.05) is 23.3 Å².